The van der Waals surface area contributed by atoms with Crippen LogP contribution in [0, 0.1) is 6.92 Å². The van der Waals surface area contributed by atoms with E-state index in [2.05, 4.69) is 5.32 Å². The van der Waals surface area contributed by atoms with Gasteiger partial charge in [-0.3, -0.25) is 9.59 Å². The van der Waals surface area contributed by atoms with Gasteiger partial charge < -0.3 is 14.6 Å². The minimum atomic E-state index is -0.148. The fourth-order valence-electron chi connectivity index (χ4n) is 4.78. The maximum Gasteiger partial charge on any atom is 0.255 e. The van der Waals surface area contributed by atoms with Crippen molar-refractivity contribution in [3.05, 3.63) is 125 Å². The fraction of sp³-hybridized carbons (Fsp3) is 0.125. The Morgan fingerprint density at radius 2 is 1.54 bits per heavy atom. The summed E-state index contributed by atoms with van der Waals surface area (Å²) >= 11 is 0. The number of amides is 2. The summed E-state index contributed by atoms with van der Waals surface area (Å²) in [6, 6.07) is 31.0. The molecular formula is C32H26N2O3. The Balaban J connectivity index is 1.14. The molecule has 0 bridgehead atoms. The van der Waals surface area contributed by atoms with E-state index in [1.165, 1.54) is 0 Å². The molecule has 37 heavy (non-hydrogen) atoms. The first-order valence-electron chi connectivity index (χ1n) is 12.4. The predicted molar refractivity (Wildman–Crippen MR) is 146 cm³/mol. The standard InChI is InChI=1S/C32H26N2O3/c1-21-6-8-24(9-7-21)32(36)34-17-16-29-27(20-34)19-30(37-29)23-12-14-28(15-13-23)33-31(35)26-11-10-22-4-2-3-5-25(22)18-26/h2-15,18-19H,16-17,20H2,1H3,(H,33,35). The van der Waals surface area contributed by atoms with Crippen LogP contribution in [0.15, 0.2) is 101 Å². The molecule has 0 radical (unpaired) electrons. The number of hydrogen-bond donors (Lipinski definition) is 1. The lowest BCUT2D eigenvalue weighted by molar-refractivity contribution is 0.0730. The van der Waals surface area contributed by atoms with Crippen LogP contribution in [-0.4, -0.2) is 23.3 Å². The van der Waals surface area contributed by atoms with Gasteiger partial charge in [0.15, 0.2) is 0 Å². The molecule has 2 heterocycles. The van der Waals surface area contributed by atoms with Crippen molar-refractivity contribution >= 4 is 28.3 Å². The van der Waals surface area contributed by atoms with Gasteiger partial charge in [-0.2, -0.15) is 0 Å². The minimum absolute atomic E-state index is 0.0416. The lowest BCUT2D eigenvalue weighted by atomic mass is 10.1. The van der Waals surface area contributed by atoms with Crippen LogP contribution in [0.25, 0.3) is 22.1 Å². The number of anilines is 1. The number of nitrogens with zero attached hydrogens (tertiary/aromatic N) is 1. The average molecular weight is 487 g/mol. The molecule has 1 aliphatic rings. The summed E-state index contributed by atoms with van der Waals surface area (Å²) in [4.78, 5) is 27.6. The topological polar surface area (TPSA) is 62.6 Å². The quantitative estimate of drug-likeness (QED) is 0.302. The molecule has 5 nitrogen and oxygen atoms in total. The largest absolute Gasteiger partial charge is 0.461 e. The molecule has 1 aromatic heterocycles. The van der Waals surface area contributed by atoms with E-state index in [0.29, 0.717) is 36.3 Å². The van der Waals surface area contributed by atoms with Crippen molar-refractivity contribution in [3.63, 3.8) is 0 Å². The second-order valence-electron chi connectivity index (χ2n) is 9.50. The molecule has 0 atom stereocenters. The zero-order chi connectivity index (χ0) is 25.4. The van der Waals surface area contributed by atoms with Gasteiger partial charge in [-0.05, 0) is 72.3 Å². The monoisotopic (exact) mass is 486 g/mol. The van der Waals surface area contributed by atoms with Crippen LogP contribution in [-0.2, 0) is 13.0 Å². The van der Waals surface area contributed by atoms with E-state index >= 15 is 0 Å². The van der Waals surface area contributed by atoms with Gasteiger partial charge >= 0.3 is 0 Å². The number of hydrogen-bond acceptors (Lipinski definition) is 3. The van der Waals surface area contributed by atoms with Gasteiger partial charge in [0.2, 0.25) is 0 Å². The van der Waals surface area contributed by atoms with Crippen LogP contribution in [0.2, 0.25) is 0 Å². The fourth-order valence-corrected chi connectivity index (χ4v) is 4.78. The lowest BCUT2D eigenvalue weighted by Crippen LogP contribution is -2.35. The Kier molecular flexibility index (Phi) is 5.81. The van der Waals surface area contributed by atoms with Crippen LogP contribution in [0.3, 0.4) is 0 Å². The van der Waals surface area contributed by atoms with Crippen molar-refractivity contribution in [2.75, 3.05) is 11.9 Å². The molecule has 1 N–H and O–H groups in total. The van der Waals surface area contributed by atoms with Gasteiger partial charge in [0.25, 0.3) is 11.8 Å². The van der Waals surface area contributed by atoms with Crippen molar-refractivity contribution in [2.45, 2.75) is 19.9 Å². The summed E-state index contributed by atoms with van der Waals surface area (Å²) in [6.45, 7) is 3.18. The molecule has 182 valence electrons. The van der Waals surface area contributed by atoms with E-state index in [9.17, 15) is 9.59 Å². The van der Waals surface area contributed by atoms with Crippen molar-refractivity contribution in [1.29, 1.82) is 0 Å². The highest BCUT2D eigenvalue weighted by Crippen LogP contribution is 2.31. The molecule has 5 aromatic rings. The third-order valence-electron chi connectivity index (χ3n) is 6.89. The molecule has 1 aliphatic heterocycles. The molecule has 0 saturated carbocycles. The Morgan fingerprint density at radius 1 is 0.811 bits per heavy atom. The number of benzene rings is 4. The van der Waals surface area contributed by atoms with Gasteiger partial charge in [-0.15, -0.1) is 0 Å². The van der Waals surface area contributed by atoms with Crippen LogP contribution in [0.5, 0.6) is 0 Å². The Morgan fingerprint density at radius 3 is 2.32 bits per heavy atom. The normalized spacial score (nSPS) is 12.8. The Labute approximate surface area is 215 Å². The molecule has 0 saturated heterocycles. The zero-order valence-electron chi connectivity index (χ0n) is 20.5. The lowest BCUT2D eigenvalue weighted by Gasteiger charge is -2.26. The van der Waals surface area contributed by atoms with E-state index < -0.39 is 0 Å². The van der Waals surface area contributed by atoms with Crippen molar-refractivity contribution in [1.82, 2.24) is 4.90 Å². The summed E-state index contributed by atoms with van der Waals surface area (Å²) in [5.74, 6) is 1.59. The number of furan rings is 1. The summed E-state index contributed by atoms with van der Waals surface area (Å²) < 4.78 is 6.15. The van der Waals surface area contributed by atoms with E-state index in [1.807, 2.05) is 109 Å². The number of aryl methyl sites for hydroxylation is 1. The van der Waals surface area contributed by atoms with Crippen molar-refractivity contribution < 1.29 is 14.0 Å². The number of carbonyl (C=O) groups is 2. The Bertz CT molecular complexity index is 1610. The first-order valence-corrected chi connectivity index (χ1v) is 12.4. The van der Waals surface area contributed by atoms with Crippen molar-refractivity contribution in [3.8, 4) is 11.3 Å². The van der Waals surface area contributed by atoms with Crippen LogP contribution in [0.4, 0.5) is 5.69 Å². The van der Waals surface area contributed by atoms with Crippen LogP contribution < -0.4 is 5.32 Å². The smallest absolute Gasteiger partial charge is 0.255 e. The maximum absolute atomic E-state index is 13.0. The van der Waals surface area contributed by atoms with Gasteiger partial charge in [0, 0.05) is 47.5 Å². The van der Waals surface area contributed by atoms with Crippen LogP contribution in [0.1, 0.15) is 37.6 Å². The highest BCUT2D eigenvalue weighted by molar-refractivity contribution is 6.06. The molecule has 4 aromatic carbocycles. The van der Waals surface area contributed by atoms with E-state index in [1.54, 1.807) is 0 Å². The highest BCUT2D eigenvalue weighted by atomic mass is 16.3. The Hall–Kier alpha value is -4.64. The molecule has 0 spiro atoms. The van der Waals surface area contributed by atoms with E-state index in [-0.39, 0.29) is 11.8 Å². The number of rotatable bonds is 4. The van der Waals surface area contributed by atoms with E-state index in [4.69, 9.17) is 4.42 Å². The average Bonchev–Trinajstić information content (AvgIpc) is 3.37. The SMILES string of the molecule is Cc1ccc(C(=O)N2CCc3oc(-c4ccc(NC(=O)c5ccc6ccccc6c5)cc4)cc3C2)cc1. The zero-order valence-corrected chi connectivity index (χ0v) is 20.5. The third-order valence-corrected chi connectivity index (χ3v) is 6.89. The second-order valence-corrected chi connectivity index (χ2v) is 9.50. The van der Waals surface area contributed by atoms with Gasteiger partial charge in [-0.25, -0.2) is 0 Å². The molecular weight excluding hydrogens is 460 g/mol. The van der Waals surface area contributed by atoms with Crippen molar-refractivity contribution in [2.24, 2.45) is 0 Å². The van der Waals surface area contributed by atoms with E-state index in [0.717, 1.165) is 39.0 Å². The molecule has 0 fully saturated rings. The first-order chi connectivity index (χ1) is 18.0. The predicted octanol–water partition coefficient (Wildman–Crippen LogP) is 6.86. The summed E-state index contributed by atoms with van der Waals surface area (Å²) in [5, 5.41) is 5.11. The summed E-state index contributed by atoms with van der Waals surface area (Å²) in [5.41, 5.74) is 5.14. The van der Waals surface area contributed by atoms with Gasteiger partial charge in [0.1, 0.15) is 11.5 Å². The molecule has 0 unspecified atom stereocenters. The maximum atomic E-state index is 13.0. The molecule has 2 amide bonds. The second kappa shape index (κ2) is 9.43. The number of fused-ring (bicyclic) bond motifs is 2. The summed E-state index contributed by atoms with van der Waals surface area (Å²) in [7, 11) is 0. The van der Waals surface area contributed by atoms with Gasteiger partial charge in [-0.1, -0.05) is 48.0 Å². The first kappa shape index (κ1) is 22.8. The molecule has 6 rings (SSSR count). The molecule has 0 aliphatic carbocycles. The minimum Gasteiger partial charge on any atom is -0.461 e. The van der Waals surface area contributed by atoms with Gasteiger partial charge in [0.05, 0.1) is 0 Å². The van der Waals surface area contributed by atoms with Crippen LogP contribution >= 0.6 is 0 Å². The number of nitrogens with one attached hydrogen (secondary N) is 1. The third kappa shape index (κ3) is 4.64. The highest BCUT2D eigenvalue weighted by Gasteiger charge is 2.25. The summed E-state index contributed by atoms with van der Waals surface area (Å²) in [6.07, 6.45) is 0.687. The number of carbonyl (C=O) groups excluding carboxylic acids is 2. The molecule has 5 heteroatoms.